The number of benzene rings is 1. The number of carboxylic acid groups (broad SMARTS) is 1. The smallest absolute Gasteiger partial charge is 0.325 e. The number of aromatic nitrogens is 2. The lowest BCUT2D eigenvalue weighted by atomic mass is 10.1. The highest BCUT2D eigenvalue weighted by molar-refractivity contribution is 5.76. The Morgan fingerprint density at radius 1 is 1.19 bits per heavy atom. The molecule has 1 aliphatic rings. The molecule has 0 unspecified atom stereocenters. The highest BCUT2D eigenvalue weighted by Gasteiger charge is 2.31. The molecule has 144 valence electrons. The Hall–Kier alpha value is -2.87. The van der Waals surface area contributed by atoms with Crippen molar-refractivity contribution in [2.45, 2.75) is 19.5 Å². The number of methoxy groups -OCH3 is 1. The van der Waals surface area contributed by atoms with E-state index < -0.39 is 12.0 Å². The van der Waals surface area contributed by atoms with Crippen LogP contribution in [0.4, 0.5) is 0 Å². The first kappa shape index (κ1) is 18.9. The zero-order valence-corrected chi connectivity index (χ0v) is 15.5. The summed E-state index contributed by atoms with van der Waals surface area (Å²) in [5.74, 6) is -0.0975. The molecule has 1 fully saturated rings. The number of piperazine rings is 1. The first-order chi connectivity index (χ1) is 13.0. The Morgan fingerprint density at radius 3 is 2.41 bits per heavy atom. The van der Waals surface area contributed by atoms with Crippen LogP contribution in [0.1, 0.15) is 24.1 Å². The van der Waals surface area contributed by atoms with Gasteiger partial charge in [-0.2, -0.15) is 5.10 Å². The van der Waals surface area contributed by atoms with Crippen LogP contribution in [0.15, 0.2) is 36.7 Å². The SMILES string of the molecule is COc1ccc(Cn2cc([C@H](C(=O)O)N3CCN(C(C)=O)CC3)cn2)cc1. The molecule has 0 radical (unpaired) electrons. The van der Waals surface area contributed by atoms with Crippen molar-refractivity contribution >= 4 is 11.9 Å². The van der Waals surface area contributed by atoms with E-state index in [0.717, 1.165) is 11.3 Å². The zero-order chi connectivity index (χ0) is 19.4. The van der Waals surface area contributed by atoms with Gasteiger partial charge in [-0.1, -0.05) is 12.1 Å². The summed E-state index contributed by atoms with van der Waals surface area (Å²) in [5, 5.41) is 14.1. The fraction of sp³-hybridized carbons (Fsp3) is 0.421. The predicted molar refractivity (Wildman–Crippen MR) is 98.5 cm³/mol. The molecule has 8 nitrogen and oxygen atoms in total. The molecule has 27 heavy (non-hydrogen) atoms. The van der Waals surface area contributed by atoms with Crippen LogP contribution in [0.2, 0.25) is 0 Å². The van der Waals surface area contributed by atoms with Gasteiger partial charge < -0.3 is 14.7 Å². The molecule has 1 aromatic carbocycles. The Balaban J connectivity index is 1.70. The van der Waals surface area contributed by atoms with Gasteiger partial charge in [-0.15, -0.1) is 0 Å². The van der Waals surface area contributed by atoms with Crippen LogP contribution >= 0.6 is 0 Å². The summed E-state index contributed by atoms with van der Waals surface area (Å²) in [6.07, 6.45) is 3.39. The molecule has 2 aromatic rings. The number of carbonyl (C=O) groups is 2. The maximum Gasteiger partial charge on any atom is 0.325 e. The summed E-state index contributed by atoms with van der Waals surface area (Å²) in [6.45, 7) is 4.22. The fourth-order valence-electron chi connectivity index (χ4n) is 3.33. The Kier molecular flexibility index (Phi) is 5.75. The van der Waals surface area contributed by atoms with E-state index in [2.05, 4.69) is 5.10 Å². The van der Waals surface area contributed by atoms with Crippen molar-refractivity contribution < 1.29 is 19.4 Å². The van der Waals surface area contributed by atoms with Crippen molar-refractivity contribution in [1.82, 2.24) is 19.6 Å². The van der Waals surface area contributed by atoms with Gasteiger partial charge >= 0.3 is 5.97 Å². The molecule has 0 bridgehead atoms. The second-order valence-electron chi connectivity index (χ2n) is 6.60. The van der Waals surface area contributed by atoms with Gasteiger partial charge in [0.25, 0.3) is 0 Å². The molecule has 1 amide bonds. The highest BCUT2D eigenvalue weighted by atomic mass is 16.5. The van der Waals surface area contributed by atoms with Crippen molar-refractivity contribution in [3.8, 4) is 5.75 Å². The molecular weight excluding hydrogens is 348 g/mol. The molecule has 0 saturated carbocycles. The fourth-order valence-corrected chi connectivity index (χ4v) is 3.33. The maximum atomic E-state index is 11.9. The van der Waals surface area contributed by atoms with Crippen molar-refractivity contribution in [1.29, 1.82) is 0 Å². The number of hydrogen-bond acceptors (Lipinski definition) is 5. The molecule has 8 heteroatoms. The lowest BCUT2D eigenvalue weighted by molar-refractivity contribution is -0.145. The Labute approximate surface area is 157 Å². The van der Waals surface area contributed by atoms with Gasteiger partial charge in [0.2, 0.25) is 5.91 Å². The third-order valence-electron chi connectivity index (χ3n) is 4.83. The minimum Gasteiger partial charge on any atom is -0.497 e. The summed E-state index contributed by atoms with van der Waals surface area (Å²) in [7, 11) is 1.62. The molecule has 1 aliphatic heterocycles. The molecular formula is C19H24N4O4. The van der Waals surface area contributed by atoms with E-state index in [4.69, 9.17) is 4.74 Å². The van der Waals surface area contributed by atoms with E-state index in [-0.39, 0.29) is 5.91 Å². The Bertz CT molecular complexity index is 794. The largest absolute Gasteiger partial charge is 0.497 e. The van der Waals surface area contributed by atoms with Crippen LogP contribution in [0.3, 0.4) is 0 Å². The quantitative estimate of drug-likeness (QED) is 0.821. The van der Waals surface area contributed by atoms with Crippen LogP contribution in [0, 0.1) is 0 Å². The van der Waals surface area contributed by atoms with Crippen LogP contribution in [-0.2, 0) is 16.1 Å². The summed E-state index contributed by atoms with van der Waals surface area (Å²) < 4.78 is 6.89. The lowest BCUT2D eigenvalue weighted by Crippen LogP contribution is -2.50. The van der Waals surface area contributed by atoms with E-state index in [0.29, 0.717) is 38.3 Å². The van der Waals surface area contributed by atoms with Crippen LogP contribution in [-0.4, -0.2) is 69.9 Å². The van der Waals surface area contributed by atoms with Gasteiger partial charge in [0.05, 0.1) is 19.9 Å². The second kappa shape index (κ2) is 8.22. The summed E-state index contributed by atoms with van der Waals surface area (Å²) in [4.78, 5) is 27.0. The zero-order valence-electron chi connectivity index (χ0n) is 15.5. The predicted octanol–water partition coefficient (Wildman–Crippen LogP) is 1.23. The van der Waals surface area contributed by atoms with Gasteiger partial charge in [0.1, 0.15) is 11.8 Å². The van der Waals surface area contributed by atoms with Gasteiger partial charge in [-0.3, -0.25) is 19.2 Å². The van der Waals surface area contributed by atoms with Crippen LogP contribution < -0.4 is 4.74 Å². The van der Waals surface area contributed by atoms with Gasteiger partial charge in [-0.05, 0) is 17.7 Å². The minimum atomic E-state index is -0.907. The molecule has 1 N–H and O–H groups in total. The van der Waals surface area contributed by atoms with Crippen molar-refractivity contribution in [3.05, 3.63) is 47.8 Å². The van der Waals surface area contributed by atoms with E-state index in [1.54, 1.807) is 29.1 Å². The summed E-state index contributed by atoms with van der Waals surface area (Å²) in [5.41, 5.74) is 1.69. The van der Waals surface area contributed by atoms with Crippen molar-refractivity contribution in [3.63, 3.8) is 0 Å². The minimum absolute atomic E-state index is 0.0221. The van der Waals surface area contributed by atoms with Gasteiger partial charge in [0.15, 0.2) is 0 Å². The standard InChI is InChI=1S/C19H24N4O4/c1-14(24)21-7-9-22(10-8-21)18(19(25)26)16-11-20-23(13-16)12-15-3-5-17(27-2)6-4-15/h3-6,11,13,18H,7-10,12H2,1-2H3,(H,25,26)/t18-/m1/s1. The van der Waals surface area contributed by atoms with E-state index in [9.17, 15) is 14.7 Å². The van der Waals surface area contributed by atoms with Gasteiger partial charge in [-0.25, -0.2) is 0 Å². The number of ether oxygens (including phenoxy) is 1. The number of carboxylic acids is 1. The van der Waals surface area contributed by atoms with Crippen molar-refractivity contribution in [2.75, 3.05) is 33.3 Å². The molecule has 1 aromatic heterocycles. The van der Waals surface area contributed by atoms with E-state index in [1.165, 1.54) is 6.92 Å². The Morgan fingerprint density at radius 2 is 1.85 bits per heavy atom. The monoisotopic (exact) mass is 372 g/mol. The average molecular weight is 372 g/mol. The third-order valence-corrected chi connectivity index (χ3v) is 4.83. The van der Waals surface area contributed by atoms with Crippen LogP contribution in [0.5, 0.6) is 5.75 Å². The molecule has 3 rings (SSSR count). The number of amides is 1. The first-order valence-corrected chi connectivity index (χ1v) is 8.85. The van der Waals surface area contributed by atoms with Crippen LogP contribution in [0.25, 0.3) is 0 Å². The number of nitrogens with zero attached hydrogens (tertiary/aromatic N) is 4. The van der Waals surface area contributed by atoms with Gasteiger partial charge in [0, 0.05) is 44.9 Å². The lowest BCUT2D eigenvalue weighted by Gasteiger charge is -2.37. The molecule has 0 spiro atoms. The molecule has 0 aliphatic carbocycles. The summed E-state index contributed by atoms with van der Waals surface area (Å²) in [6, 6.07) is 6.91. The maximum absolute atomic E-state index is 11.9. The molecule has 1 saturated heterocycles. The molecule has 1 atom stereocenters. The average Bonchev–Trinajstić information content (AvgIpc) is 3.10. The topological polar surface area (TPSA) is 87.9 Å². The number of aliphatic carboxylic acids is 1. The van der Waals surface area contributed by atoms with E-state index >= 15 is 0 Å². The number of rotatable bonds is 6. The summed E-state index contributed by atoms with van der Waals surface area (Å²) >= 11 is 0. The highest BCUT2D eigenvalue weighted by Crippen LogP contribution is 2.23. The second-order valence-corrected chi connectivity index (χ2v) is 6.60. The van der Waals surface area contributed by atoms with Crippen molar-refractivity contribution in [2.24, 2.45) is 0 Å². The first-order valence-electron chi connectivity index (χ1n) is 8.85. The normalized spacial score (nSPS) is 16.1. The molecule has 2 heterocycles. The number of carbonyl (C=O) groups excluding carboxylic acids is 1. The van der Waals surface area contributed by atoms with E-state index in [1.807, 2.05) is 29.2 Å². The number of hydrogen-bond donors (Lipinski definition) is 1. The third kappa shape index (κ3) is 4.46.